The highest BCUT2D eigenvalue weighted by Crippen LogP contribution is 2.27. The summed E-state index contributed by atoms with van der Waals surface area (Å²) in [5, 5.41) is 7.49. The second kappa shape index (κ2) is 9.26. The summed E-state index contributed by atoms with van der Waals surface area (Å²) in [5.41, 5.74) is 5.03. The summed E-state index contributed by atoms with van der Waals surface area (Å²) in [7, 11) is 1.60. The number of aromatic nitrogens is 2. The predicted molar refractivity (Wildman–Crippen MR) is 123 cm³/mol. The smallest absolute Gasteiger partial charge is 0.227 e. The van der Waals surface area contributed by atoms with E-state index in [1.54, 1.807) is 12.0 Å². The van der Waals surface area contributed by atoms with E-state index in [0.29, 0.717) is 13.1 Å². The Bertz CT molecular complexity index is 1100. The van der Waals surface area contributed by atoms with Gasteiger partial charge in [-0.25, -0.2) is 4.68 Å². The Morgan fingerprint density at radius 1 is 1.09 bits per heavy atom. The van der Waals surface area contributed by atoms with Gasteiger partial charge in [0, 0.05) is 30.9 Å². The van der Waals surface area contributed by atoms with E-state index in [2.05, 4.69) is 22.5 Å². The van der Waals surface area contributed by atoms with E-state index < -0.39 is 0 Å². The number of carbonyl (C=O) groups is 2. The van der Waals surface area contributed by atoms with Gasteiger partial charge >= 0.3 is 0 Å². The fraction of sp³-hybridized carbons (Fsp3) is 0.320. The maximum absolute atomic E-state index is 12.6. The van der Waals surface area contributed by atoms with Gasteiger partial charge in [0.05, 0.1) is 24.4 Å². The Labute approximate surface area is 188 Å². The van der Waals surface area contributed by atoms with E-state index in [1.165, 1.54) is 0 Å². The van der Waals surface area contributed by atoms with Crippen LogP contribution in [0.15, 0.2) is 54.6 Å². The lowest BCUT2D eigenvalue weighted by molar-refractivity contribution is -0.126. The Morgan fingerprint density at radius 2 is 1.78 bits per heavy atom. The molecule has 32 heavy (non-hydrogen) atoms. The number of methoxy groups -OCH3 is 1. The molecule has 3 aromatic rings. The van der Waals surface area contributed by atoms with Crippen LogP contribution in [0.1, 0.15) is 23.4 Å². The summed E-state index contributed by atoms with van der Waals surface area (Å²) < 4.78 is 7.09. The van der Waals surface area contributed by atoms with Crippen LogP contribution in [0.2, 0.25) is 0 Å². The third-order valence-electron chi connectivity index (χ3n) is 5.78. The first-order chi connectivity index (χ1) is 15.4. The second-order valence-electron chi connectivity index (χ2n) is 8.15. The van der Waals surface area contributed by atoms with Crippen LogP contribution in [0.4, 0.5) is 5.69 Å². The third-order valence-corrected chi connectivity index (χ3v) is 5.78. The topological polar surface area (TPSA) is 76.5 Å². The monoisotopic (exact) mass is 432 g/mol. The molecular formula is C25H28N4O3. The number of nitrogens with one attached hydrogen (secondary N) is 1. The van der Waals surface area contributed by atoms with Crippen LogP contribution in [0.5, 0.6) is 5.75 Å². The molecule has 1 unspecified atom stereocenters. The van der Waals surface area contributed by atoms with Crippen LogP contribution in [0.25, 0.3) is 5.69 Å². The number of hydrogen-bond acceptors (Lipinski definition) is 4. The van der Waals surface area contributed by atoms with Crippen LogP contribution >= 0.6 is 0 Å². The van der Waals surface area contributed by atoms with Gasteiger partial charge in [0.15, 0.2) is 0 Å². The van der Waals surface area contributed by atoms with Gasteiger partial charge in [-0.15, -0.1) is 0 Å². The molecule has 1 aliphatic heterocycles. The molecular weight excluding hydrogens is 404 g/mol. The van der Waals surface area contributed by atoms with E-state index in [-0.39, 0.29) is 24.2 Å². The van der Waals surface area contributed by atoms with Crippen molar-refractivity contribution in [1.29, 1.82) is 0 Å². The molecule has 2 amide bonds. The normalized spacial score (nSPS) is 15.8. The third kappa shape index (κ3) is 4.66. The van der Waals surface area contributed by atoms with Gasteiger partial charge < -0.3 is 15.0 Å². The number of aryl methyl sites for hydroxylation is 2. The zero-order valence-electron chi connectivity index (χ0n) is 18.7. The quantitative estimate of drug-likeness (QED) is 0.622. The first-order valence-corrected chi connectivity index (χ1v) is 10.8. The van der Waals surface area contributed by atoms with Crippen molar-refractivity contribution in [1.82, 2.24) is 15.1 Å². The second-order valence-corrected chi connectivity index (χ2v) is 8.15. The van der Waals surface area contributed by atoms with Crippen molar-refractivity contribution in [3.63, 3.8) is 0 Å². The highest BCUT2D eigenvalue weighted by molar-refractivity contribution is 6.00. The molecule has 166 valence electrons. The van der Waals surface area contributed by atoms with Gasteiger partial charge in [-0.05, 0) is 68.3 Å². The predicted octanol–water partition coefficient (Wildman–Crippen LogP) is 3.21. The lowest BCUT2D eigenvalue weighted by Gasteiger charge is -2.17. The van der Waals surface area contributed by atoms with E-state index >= 15 is 0 Å². The van der Waals surface area contributed by atoms with Gasteiger partial charge in [0.1, 0.15) is 5.75 Å². The van der Waals surface area contributed by atoms with Crippen molar-refractivity contribution in [2.75, 3.05) is 25.1 Å². The van der Waals surface area contributed by atoms with Crippen LogP contribution in [-0.2, 0) is 16.0 Å². The molecule has 1 aliphatic rings. The number of carbonyl (C=O) groups excluding carboxylic acids is 2. The SMILES string of the molecule is COc1ccc(N2CC(C(=O)NCCc3ccc(-n4nc(C)cc4C)cc3)CC2=O)cc1. The van der Waals surface area contributed by atoms with Crippen molar-refractivity contribution in [2.45, 2.75) is 26.7 Å². The summed E-state index contributed by atoms with van der Waals surface area (Å²) in [6.07, 6.45) is 0.960. The summed E-state index contributed by atoms with van der Waals surface area (Å²) in [6.45, 7) is 4.95. The minimum absolute atomic E-state index is 0.0324. The summed E-state index contributed by atoms with van der Waals surface area (Å²) in [6, 6.07) is 17.6. The zero-order valence-corrected chi connectivity index (χ0v) is 18.7. The van der Waals surface area contributed by atoms with Gasteiger partial charge in [-0.1, -0.05) is 12.1 Å². The number of hydrogen-bond donors (Lipinski definition) is 1. The molecule has 2 aromatic carbocycles. The summed E-state index contributed by atoms with van der Waals surface area (Å²) >= 11 is 0. The molecule has 0 bridgehead atoms. The summed E-state index contributed by atoms with van der Waals surface area (Å²) in [4.78, 5) is 26.7. The number of ether oxygens (including phenoxy) is 1. The average molecular weight is 433 g/mol. The van der Waals surface area contributed by atoms with Crippen molar-refractivity contribution in [2.24, 2.45) is 5.92 Å². The minimum atomic E-state index is -0.335. The molecule has 0 aliphatic carbocycles. The van der Waals surface area contributed by atoms with Crippen molar-refractivity contribution in [3.05, 3.63) is 71.5 Å². The van der Waals surface area contributed by atoms with E-state index in [4.69, 9.17) is 4.74 Å². The molecule has 2 heterocycles. The minimum Gasteiger partial charge on any atom is -0.497 e. The molecule has 7 heteroatoms. The highest BCUT2D eigenvalue weighted by Gasteiger charge is 2.34. The number of benzene rings is 2. The van der Waals surface area contributed by atoms with E-state index in [0.717, 1.165) is 40.5 Å². The molecule has 0 spiro atoms. The molecule has 1 atom stereocenters. The molecule has 1 aromatic heterocycles. The van der Waals surface area contributed by atoms with Crippen LogP contribution in [0.3, 0.4) is 0 Å². The number of amides is 2. The zero-order chi connectivity index (χ0) is 22.7. The highest BCUT2D eigenvalue weighted by atomic mass is 16.5. The Hall–Kier alpha value is -3.61. The van der Waals surface area contributed by atoms with Gasteiger partial charge in [-0.2, -0.15) is 5.10 Å². The fourth-order valence-corrected chi connectivity index (χ4v) is 4.06. The molecule has 0 saturated carbocycles. The first-order valence-electron chi connectivity index (χ1n) is 10.8. The standard InChI is InChI=1S/C25H28N4O3/c1-17-14-18(2)29(27-17)22-6-4-19(5-7-22)12-13-26-25(31)20-15-24(30)28(16-20)21-8-10-23(32-3)11-9-21/h4-11,14,20H,12-13,15-16H2,1-3H3,(H,26,31). The Balaban J connectivity index is 1.28. The van der Waals surface area contributed by atoms with Crippen LogP contribution in [-0.4, -0.2) is 41.8 Å². The number of nitrogens with zero attached hydrogens (tertiary/aromatic N) is 3. The Kier molecular flexibility index (Phi) is 6.25. The van der Waals surface area contributed by atoms with Crippen LogP contribution < -0.4 is 15.0 Å². The van der Waals surface area contributed by atoms with Gasteiger partial charge in [-0.3, -0.25) is 9.59 Å². The number of anilines is 1. The summed E-state index contributed by atoms with van der Waals surface area (Å²) in [5.74, 6) is 0.291. The molecule has 1 saturated heterocycles. The maximum Gasteiger partial charge on any atom is 0.227 e. The van der Waals surface area contributed by atoms with Crippen molar-refractivity contribution < 1.29 is 14.3 Å². The number of rotatable bonds is 7. The largest absolute Gasteiger partial charge is 0.497 e. The van der Waals surface area contributed by atoms with Crippen molar-refractivity contribution >= 4 is 17.5 Å². The molecule has 4 rings (SSSR count). The van der Waals surface area contributed by atoms with E-state index in [1.807, 2.05) is 61.0 Å². The molecule has 1 fully saturated rings. The van der Waals surface area contributed by atoms with Crippen LogP contribution in [0, 0.1) is 19.8 Å². The van der Waals surface area contributed by atoms with E-state index in [9.17, 15) is 9.59 Å². The maximum atomic E-state index is 12.6. The average Bonchev–Trinajstić information content (AvgIpc) is 3.35. The Morgan fingerprint density at radius 3 is 2.41 bits per heavy atom. The van der Waals surface area contributed by atoms with Gasteiger partial charge in [0.25, 0.3) is 0 Å². The van der Waals surface area contributed by atoms with Crippen molar-refractivity contribution in [3.8, 4) is 11.4 Å². The fourth-order valence-electron chi connectivity index (χ4n) is 4.06. The lowest BCUT2D eigenvalue weighted by Crippen LogP contribution is -2.34. The lowest BCUT2D eigenvalue weighted by atomic mass is 10.1. The first kappa shape index (κ1) is 21.6. The van der Waals surface area contributed by atoms with Gasteiger partial charge in [0.2, 0.25) is 11.8 Å². The molecule has 7 nitrogen and oxygen atoms in total. The molecule has 1 N–H and O–H groups in total. The molecule has 0 radical (unpaired) electrons.